The maximum absolute atomic E-state index is 13.2. The van der Waals surface area contributed by atoms with E-state index in [1.807, 2.05) is 18.2 Å². The molecule has 0 aliphatic heterocycles. The summed E-state index contributed by atoms with van der Waals surface area (Å²) in [6.07, 6.45) is 1.42. The highest BCUT2D eigenvalue weighted by Crippen LogP contribution is 2.47. The Morgan fingerprint density at radius 2 is 1.43 bits per heavy atom. The van der Waals surface area contributed by atoms with Crippen molar-refractivity contribution in [1.82, 2.24) is 10.6 Å². The Morgan fingerprint density at radius 3 is 2.11 bits per heavy atom. The van der Waals surface area contributed by atoms with Crippen LogP contribution in [-0.2, 0) is 33.3 Å². The van der Waals surface area contributed by atoms with Gasteiger partial charge in [0.1, 0.15) is 6.61 Å². The fourth-order valence-electron chi connectivity index (χ4n) is 5.15. The highest BCUT2D eigenvalue weighted by Gasteiger charge is 2.33. The third kappa shape index (κ3) is 11.7. The Labute approximate surface area is 269 Å². The standard InChI is InChI=1S/C33H46N4O9/c1-42-15-5-17-44-19-13-35-29(38)9-4-10-30(39)37-23-11-12-25-27(21-23)28(22-46-33(34)41)24-7-3-8-26(31(24)25)32(40)36-14-20-45-18-6-16-43-2/h3,7-8,11-12,21,28H,4-6,9-10,13-20,22H2,1-2H3,(H2,34,41)(H,35,38)(H,36,40)(H,37,39). The highest BCUT2D eigenvalue weighted by atomic mass is 16.5. The minimum absolute atomic E-state index is 0.0274. The fraction of sp³-hybridized carbons (Fsp3) is 0.515. The number of hydrogen-bond acceptors (Lipinski definition) is 9. The molecule has 5 N–H and O–H groups in total. The predicted molar refractivity (Wildman–Crippen MR) is 172 cm³/mol. The summed E-state index contributed by atoms with van der Waals surface area (Å²) in [6, 6.07) is 10.8. The zero-order valence-electron chi connectivity index (χ0n) is 26.7. The van der Waals surface area contributed by atoms with E-state index in [-0.39, 0.29) is 43.1 Å². The van der Waals surface area contributed by atoms with Crippen molar-refractivity contribution in [1.29, 1.82) is 0 Å². The second kappa shape index (κ2) is 20.2. The van der Waals surface area contributed by atoms with Gasteiger partial charge >= 0.3 is 6.09 Å². The molecule has 13 heteroatoms. The summed E-state index contributed by atoms with van der Waals surface area (Å²) in [5, 5.41) is 8.58. The number of hydrogen-bond donors (Lipinski definition) is 4. The topological polar surface area (TPSA) is 177 Å². The van der Waals surface area contributed by atoms with Gasteiger partial charge in [-0.15, -0.1) is 0 Å². The molecule has 0 fully saturated rings. The molecule has 0 saturated heterocycles. The van der Waals surface area contributed by atoms with Crippen LogP contribution in [0.4, 0.5) is 10.5 Å². The van der Waals surface area contributed by atoms with Crippen molar-refractivity contribution >= 4 is 29.5 Å². The van der Waals surface area contributed by atoms with E-state index in [1.54, 1.807) is 32.4 Å². The predicted octanol–water partition coefficient (Wildman–Crippen LogP) is 2.96. The quantitative estimate of drug-likeness (QED) is 0.141. The van der Waals surface area contributed by atoms with Crippen molar-refractivity contribution < 1.29 is 42.9 Å². The number of ether oxygens (including phenoxy) is 5. The molecule has 4 amide bonds. The van der Waals surface area contributed by atoms with Crippen LogP contribution in [0.25, 0.3) is 11.1 Å². The number of rotatable bonds is 22. The zero-order chi connectivity index (χ0) is 33.1. The third-order valence-electron chi connectivity index (χ3n) is 7.27. The van der Waals surface area contributed by atoms with E-state index in [0.29, 0.717) is 70.4 Å². The average Bonchev–Trinajstić information content (AvgIpc) is 3.35. The van der Waals surface area contributed by atoms with Crippen LogP contribution in [0, 0.1) is 0 Å². The molecule has 252 valence electrons. The third-order valence-corrected chi connectivity index (χ3v) is 7.27. The largest absolute Gasteiger partial charge is 0.449 e. The van der Waals surface area contributed by atoms with Gasteiger partial charge in [0.15, 0.2) is 0 Å². The van der Waals surface area contributed by atoms with Crippen LogP contribution in [-0.4, -0.2) is 97.4 Å². The number of methoxy groups -OCH3 is 2. The first-order valence-corrected chi connectivity index (χ1v) is 15.5. The molecule has 0 bridgehead atoms. The number of nitrogens with two attached hydrogens (primary N) is 1. The van der Waals surface area contributed by atoms with Gasteiger partial charge in [0, 0.05) is 83.7 Å². The Morgan fingerprint density at radius 1 is 0.761 bits per heavy atom. The maximum Gasteiger partial charge on any atom is 0.404 e. The number of anilines is 1. The lowest BCUT2D eigenvalue weighted by atomic mass is 9.96. The Balaban J connectivity index is 1.59. The van der Waals surface area contributed by atoms with E-state index < -0.39 is 6.09 Å². The van der Waals surface area contributed by atoms with E-state index in [0.717, 1.165) is 35.1 Å². The Hall–Kier alpha value is -4.04. The van der Waals surface area contributed by atoms with E-state index in [4.69, 9.17) is 29.4 Å². The normalized spacial score (nSPS) is 13.0. The number of primary amides is 1. The van der Waals surface area contributed by atoms with E-state index in [2.05, 4.69) is 16.0 Å². The number of carbonyl (C=O) groups is 4. The van der Waals surface area contributed by atoms with Gasteiger partial charge in [-0.05, 0) is 59.7 Å². The summed E-state index contributed by atoms with van der Waals surface area (Å²) in [5.74, 6) is -1.02. The summed E-state index contributed by atoms with van der Waals surface area (Å²) >= 11 is 0. The molecule has 2 aromatic carbocycles. The molecule has 3 rings (SSSR count). The Bertz CT molecular complexity index is 1300. The van der Waals surface area contributed by atoms with Crippen LogP contribution in [0.3, 0.4) is 0 Å². The molecule has 46 heavy (non-hydrogen) atoms. The molecular formula is C33H46N4O9. The Kier molecular flexibility index (Phi) is 16.0. The molecule has 13 nitrogen and oxygen atoms in total. The average molecular weight is 643 g/mol. The molecule has 0 saturated carbocycles. The van der Waals surface area contributed by atoms with Crippen molar-refractivity contribution in [3.05, 3.63) is 53.1 Å². The molecular weight excluding hydrogens is 596 g/mol. The lowest BCUT2D eigenvalue weighted by molar-refractivity contribution is -0.121. The summed E-state index contributed by atoms with van der Waals surface area (Å²) in [4.78, 5) is 49.5. The van der Waals surface area contributed by atoms with Gasteiger partial charge in [-0.3, -0.25) is 14.4 Å². The van der Waals surface area contributed by atoms with Crippen molar-refractivity contribution in [3.8, 4) is 11.1 Å². The minimum atomic E-state index is -0.905. The lowest BCUT2D eigenvalue weighted by Crippen LogP contribution is -2.28. The number of fused-ring (bicyclic) bond motifs is 3. The molecule has 0 aromatic heterocycles. The first-order chi connectivity index (χ1) is 22.3. The van der Waals surface area contributed by atoms with Crippen LogP contribution >= 0.6 is 0 Å². The van der Waals surface area contributed by atoms with Crippen LogP contribution < -0.4 is 21.7 Å². The zero-order valence-corrected chi connectivity index (χ0v) is 26.7. The number of carbonyl (C=O) groups excluding carboxylic acids is 4. The molecule has 0 radical (unpaired) electrons. The van der Waals surface area contributed by atoms with Crippen molar-refractivity contribution in [3.63, 3.8) is 0 Å². The van der Waals surface area contributed by atoms with E-state index in [9.17, 15) is 19.2 Å². The molecule has 2 aromatic rings. The summed E-state index contributed by atoms with van der Waals surface area (Å²) < 4.78 is 26.1. The molecule has 1 aliphatic carbocycles. The van der Waals surface area contributed by atoms with Crippen molar-refractivity contribution in [2.24, 2.45) is 5.73 Å². The minimum Gasteiger partial charge on any atom is -0.449 e. The second-order valence-electron chi connectivity index (χ2n) is 10.7. The fourth-order valence-corrected chi connectivity index (χ4v) is 5.15. The van der Waals surface area contributed by atoms with Gasteiger partial charge in [0.25, 0.3) is 5.91 Å². The summed E-state index contributed by atoms with van der Waals surface area (Å²) in [7, 11) is 3.27. The van der Waals surface area contributed by atoms with Gasteiger partial charge in [-0.25, -0.2) is 4.79 Å². The van der Waals surface area contributed by atoms with E-state index in [1.165, 1.54) is 0 Å². The lowest BCUT2D eigenvalue weighted by Gasteiger charge is -2.14. The van der Waals surface area contributed by atoms with Crippen LogP contribution in [0.5, 0.6) is 0 Å². The number of benzene rings is 2. The van der Waals surface area contributed by atoms with Gasteiger partial charge in [0.05, 0.1) is 13.2 Å². The van der Waals surface area contributed by atoms with E-state index >= 15 is 0 Å². The summed E-state index contributed by atoms with van der Waals surface area (Å²) in [6.45, 7) is 3.86. The summed E-state index contributed by atoms with van der Waals surface area (Å²) in [5.41, 5.74) is 9.44. The molecule has 0 heterocycles. The van der Waals surface area contributed by atoms with Gasteiger partial charge in [-0.1, -0.05) is 18.2 Å². The molecule has 1 aliphatic rings. The smallest absolute Gasteiger partial charge is 0.404 e. The first-order valence-electron chi connectivity index (χ1n) is 15.5. The number of nitrogens with one attached hydrogen (secondary N) is 3. The molecule has 1 atom stereocenters. The van der Waals surface area contributed by atoms with Gasteiger partial charge in [0.2, 0.25) is 11.8 Å². The monoisotopic (exact) mass is 642 g/mol. The SMILES string of the molecule is COCCCOCCNC(=O)CCCC(=O)Nc1ccc2c(c1)C(COC(N)=O)c1cccc(C(=O)NCCOCCCOC)c1-2. The van der Waals surface area contributed by atoms with Crippen LogP contribution in [0.1, 0.15) is 59.5 Å². The van der Waals surface area contributed by atoms with Crippen LogP contribution in [0.15, 0.2) is 36.4 Å². The van der Waals surface area contributed by atoms with Gasteiger partial charge < -0.3 is 45.4 Å². The maximum atomic E-state index is 13.2. The highest BCUT2D eigenvalue weighted by molar-refractivity contribution is 6.04. The number of amides is 4. The molecule has 1 unspecified atom stereocenters. The van der Waals surface area contributed by atoms with Crippen molar-refractivity contribution in [2.75, 3.05) is 78.9 Å². The molecule has 0 spiro atoms. The first kappa shape index (κ1) is 36.4. The van der Waals surface area contributed by atoms with Gasteiger partial charge in [-0.2, -0.15) is 0 Å². The van der Waals surface area contributed by atoms with Crippen molar-refractivity contribution in [2.45, 2.75) is 38.0 Å². The van der Waals surface area contributed by atoms with Crippen LogP contribution in [0.2, 0.25) is 0 Å². The second-order valence-corrected chi connectivity index (χ2v) is 10.7.